The normalized spacial score (nSPS) is 11.8. The van der Waals surface area contributed by atoms with Crippen molar-refractivity contribution in [3.8, 4) is 11.1 Å². The number of ketones is 1. The van der Waals surface area contributed by atoms with Crippen LogP contribution in [0.3, 0.4) is 0 Å². The number of benzene rings is 2. The van der Waals surface area contributed by atoms with Crippen LogP contribution in [0.4, 0.5) is 0 Å². The molecule has 2 aromatic rings. The van der Waals surface area contributed by atoms with Crippen LogP contribution in [0.2, 0.25) is 10.0 Å². The lowest BCUT2D eigenvalue weighted by Crippen LogP contribution is -1.98. The van der Waals surface area contributed by atoms with Gasteiger partial charge in [0.2, 0.25) is 0 Å². The summed E-state index contributed by atoms with van der Waals surface area (Å²) in [5.41, 5.74) is 2.60. The van der Waals surface area contributed by atoms with E-state index in [0.29, 0.717) is 15.0 Å². The zero-order chi connectivity index (χ0) is 18.4. The predicted octanol–water partition coefficient (Wildman–Crippen LogP) is 6.43. The molecule has 0 aliphatic heterocycles. The first-order valence-electron chi connectivity index (χ1n) is 7.54. The minimum Gasteiger partial charge on any atom is -0.289 e. The van der Waals surface area contributed by atoms with E-state index in [1.54, 1.807) is 31.2 Å². The maximum atomic E-state index is 12.3. The molecule has 2 nitrogen and oxygen atoms in total. The fraction of sp³-hybridized carbons (Fsp3) is 0.100. The second-order valence-electron chi connectivity index (χ2n) is 5.18. The third-order valence-corrected chi connectivity index (χ3v) is 4.86. The summed E-state index contributed by atoms with van der Waals surface area (Å²) in [4.78, 5) is 24.1. The Hall–Kier alpha value is -1.81. The van der Waals surface area contributed by atoms with E-state index in [2.05, 4.69) is 0 Å². The molecule has 0 spiro atoms. The first kappa shape index (κ1) is 19.5. The van der Waals surface area contributed by atoms with E-state index in [9.17, 15) is 9.59 Å². The minimum absolute atomic E-state index is 0.142. The van der Waals surface area contributed by atoms with Crippen LogP contribution in [0, 0.1) is 0 Å². The highest BCUT2D eigenvalue weighted by Crippen LogP contribution is 2.32. The predicted molar refractivity (Wildman–Crippen MR) is 108 cm³/mol. The van der Waals surface area contributed by atoms with Crippen molar-refractivity contribution >= 4 is 51.9 Å². The van der Waals surface area contributed by atoms with Crippen LogP contribution in [-0.4, -0.2) is 10.9 Å². The van der Waals surface area contributed by atoms with E-state index >= 15 is 0 Å². The Morgan fingerprint density at radius 3 is 2.40 bits per heavy atom. The lowest BCUT2D eigenvalue weighted by molar-refractivity contribution is -0.111. The van der Waals surface area contributed by atoms with Crippen LogP contribution in [-0.2, 0) is 9.59 Å². The molecule has 0 bridgehead atoms. The van der Waals surface area contributed by atoms with Crippen LogP contribution in [0.1, 0.15) is 19.4 Å². The third-order valence-electron chi connectivity index (χ3n) is 3.29. The molecule has 0 fully saturated rings. The maximum Gasteiger partial charge on any atom is 0.192 e. The van der Waals surface area contributed by atoms with Crippen molar-refractivity contribution in [2.24, 2.45) is 0 Å². The number of hydrogen-bond donors (Lipinski definition) is 0. The average Bonchev–Trinajstić information content (AvgIpc) is 2.57. The van der Waals surface area contributed by atoms with Gasteiger partial charge in [-0.05, 0) is 59.7 Å². The van der Waals surface area contributed by atoms with Gasteiger partial charge in [-0.3, -0.25) is 9.59 Å². The van der Waals surface area contributed by atoms with Crippen molar-refractivity contribution in [2.75, 3.05) is 0 Å². The van der Waals surface area contributed by atoms with Crippen LogP contribution in [0.5, 0.6) is 0 Å². The Balaban J connectivity index is 2.55. The van der Waals surface area contributed by atoms with Gasteiger partial charge in [0.25, 0.3) is 0 Å². The van der Waals surface area contributed by atoms with E-state index in [1.165, 1.54) is 13.0 Å². The highest BCUT2D eigenvalue weighted by Gasteiger charge is 2.12. The van der Waals surface area contributed by atoms with Crippen LogP contribution in [0.15, 0.2) is 59.5 Å². The average molecular weight is 391 g/mol. The standard InChI is InChI=1S/C20H16Cl2O2S/c1-3-6-19(24)20(25-13(2)23)12-14-7-4-5-8-16(14)15-9-10-17(21)18(22)11-15/h3-12H,1-2H3/b6-3-,20-12-. The molecule has 0 N–H and O–H groups in total. The Labute approximate surface area is 161 Å². The molecule has 2 aromatic carbocycles. The molecule has 0 aliphatic rings. The van der Waals surface area contributed by atoms with Gasteiger partial charge >= 0.3 is 0 Å². The Bertz CT molecular complexity index is 870. The fourth-order valence-corrected chi connectivity index (χ4v) is 3.19. The van der Waals surface area contributed by atoms with Crippen molar-refractivity contribution in [1.82, 2.24) is 0 Å². The molecule has 0 heterocycles. The summed E-state index contributed by atoms with van der Waals surface area (Å²) in [7, 11) is 0. The minimum atomic E-state index is -0.202. The van der Waals surface area contributed by atoms with Crippen molar-refractivity contribution in [2.45, 2.75) is 13.8 Å². The molecule has 25 heavy (non-hydrogen) atoms. The summed E-state index contributed by atoms with van der Waals surface area (Å²) in [6, 6.07) is 13.0. The lowest BCUT2D eigenvalue weighted by Gasteiger charge is -2.09. The van der Waals surface area contributed by atoms with Crippen LogP contribution < -0.4 is 0 Å². The number of allylic oxidation sites excluding steroid dienone is 3. The second kappa shape index (κ2) is 9.04. The molecular formula is C20H16Cl2O2S. The topological polar surface area (TPSA) is 34.1 Å². The second-order valence-corrected chi connectivity index (χ2v) is 7.22. The SMILES string of the molecule is C/C=C\C(=O)/C(=C/c1ccccc1-c1ccc(Cl)c(Cl)c1)SC(C)=O. The van der Waals surface area contributed by atoms with Gasteiger partial charge in [-0.25, -0.2) is 0 Å². The Morgan fingerprint density at radius 2 is 1.76 bits per heavy atom. The molecule has 0 unspecified atom stereocenters. The zero-order valence-electron chi connectivity index (χ0n) is 13.8. The molecule has 0 saturated heterocycles. The van der Waals surface area contributed by atoms with E-state index in [0.717, 1.165) is 28.5 Å². The van der Waals surface area contributed by atoms with Gasteiger partial charge in [0.15, 0.2) is 10.9 Å². The quantitative estimate of drug-likeness (QED) is 0.551. The molecule has 128 valence electrons. The van der Waals surface area contributed by atoms with Crippen LogP contribution in [0.25, 0.3) is 17.2 Å². The summed E-state index contributed by atoms with van der Waals surface area (Å²) < 4.78 is 0. The third kappa shape index (κ3) is 5.33. The Morgan fingerprint density at radius 1 is 1.04 bits per heavy atom. The van der Waals surface area contributed by atoms with Crippen molar-refractivity contribution < 1.29 is 9.59 Å². The molecule has 0 radical (unpaired) electrons. The number of carbonyl (C=O) groups is 2. The van der Waals surface area contributed by atoms with Gasteiger partial charge in [-0.2, -0.15) is 0 Å². The molecule has 0 aliphatic carbocycles. The highest BCUT2D eigenvalue weighted by molar-refractivity contribution is 8.17. The van der Waals surface area contributed by atoms with Crippen molar-refractivity contribution in [3.05, 3.63) is 75.1 Å². The molecular weight excluding hydrogens is 375 g/mol. The van der Waals surface area contributed by atoms with Crippen molar-refractivity contribution in [3.63, 3.8) is 0 Å². The van der Waals surface area contributed by atoms with E-state index in [-0.39, 0.29) is 10.9 Å². The smallest absolute Gasteiger partial charge is 0.192 e. The zero-order valence-corrected chi connectivity index (χ0v) is 16.1. The number of carbonyl (C=O) groups excluding carboxylic acids is 2. The summed E-state index contributed by atoms with van der Waals surface area (Å²) in [5.74, 6) is -0.202. The molecule has 0 amide bonds. The molecule has 0 atom stereocenters. The number of rotatable bonds is 5. The summed E-state index contributed by atoms with van der Waals surface area (Å²) in [5, 5.41) is 0.798. The van der Waals surface area contributed by atoms with Crippen LogP contribution >= 0.6 is 35.0 Å². The van der Waals surface area contributed by atoms with Gasteiger partial charge in [-0.1, -0.05) is 59.6 Å². The number of halogens is 2. The maximum absolute atomic E-state index is 12.3. The van der Waals surface area contributed by atoms with E-state index in [1.807, 2.05) is 30.3 Å². The van der Waals surface area contributed by atoms with Crippen molar-refractivity contribution in [1.29, 1.82) is 0 Å². The first-order chi connectivity index (χ1) is 11.9. The van der Waals surface area contributed by atoms with E-state index in [4.69, 9.17) is 23.2 Å². The van der Waals surface area contributed by atoms with E-state index < -0.39 is 0 Å². The monoisotopic (exact) mass is 390 g/mol. The lowest BCUT2D eigenvalue weighted by atomic mass is 9.99. The highest BCUT2D eigenvalue weighted by atomic mass is 35.5. The summed E-state index contributed by atoms with van der Waals surface area (Å²) >= 11 is 13.0. The van der Waals surface area contributed by atoms with Gasteiger partial charge in [0.05, 0.1) is 15.0 Å². The molecule has 0 aromatic heterocycles. The summed E-state index contributed by atoms with van der Waals surface area (Å²) in [6.07, 6.45) is 4.83. The molecule has 0 saturated carbocycles. The number of thioether (sulfide) groups is 1. The first-order valence-corrected chi connectivity index (χ1v) is 9.11. The fourth-order valence-electron chi connectivity index (χ4n) is 2.23. The van der Waals surface area contributed by atoms with Gasteiger partial charge in [0.1, 0.15) is 0 Å². The largest absolute Gasteiger partial charge is 0.289 e. The van der Waals surface area contributed by atoms with Gasteiger partial charge < -0.3 is 0 Å². The van der Waals surface area contributed by atoms with Gasteiger partial charge in [0, 0.05) is 6.92 Å². The molecule has 5 heteroatoms. The molecule has 2 rings (SSSR count). The van der Waals surface area contributed by atoms with Gasteiger partial charge in [-0.15, -0.1) is 0 Å². The Kier molecular flexibility index (Phi) is 7.06. The number of hydrogen-bond acceptors (Lipinski definition) is 3. The summed E-state index contributed by atoms with van der Waals surface area (Å²) in [6.45, 7) is 3.20.